The Balaban J connectivity index is 1.91. The zero-order valence-corrected chi connectivity index (χ0v) is 9.92. The Bertz CT molecular complexity index is 241. The maximum absolute atomic E-state index is 11.7. The first kappa shape index (κ1) is 11.1. The van der Waals surface area contributed by atoms with E-state index in [0.29, 0.717) is 18.3 Å². The number of hydrogen-bond acceptors (Lipinski definition) is 2. The van der Waals surface area contributed by atoms with Gasteiger partial charge in [-0.3, -0.25) is 4.79 Å². The summed E-state index contributed by atoms with van der Waals surface area (Å²) in [5.41, 5.74) is -0.0397. The van der Waals surface area contributed by atoms with Crippen LogP contribution in [0.2, 0.25) is 0 Å². The zero-order valence-electron chi connectivity index (χ0n) is 9.92. The van der Waals surface area contributed by atoms with Crippen molar-refractivity contribution < 1.29 is 9.53 Å². The summed E-state index contributed by atoms with van der Waals surface area (Å²) in [6, 6.07) is 0. The van der Waals surface area contributed by atoms with Gasteiger partial charge in [0.2, 0.25) is 0 Å². The van der Waals surface area contributed by atoms with Crippen LogP contribution in [0.15, 0.2) is 0 Å². The minimum absolute atomic E-state index is 0.0397. The molecule has 1 spiro atoms. The van der Waals surface area contributed by atoms with Gasteiger partial charge in [-0.1, -0.05) is 26.2 Å². The molecule has 2 rings (SSSR count). The number of rotatable bonds is 4. The van der Waals surface area contributed by atoms with Crippen molar-refractivity contribution in [2.75, 3.05) is 0 Å². The fourth-order valence-electron chi connectivity index (χ4n) is 3.16. The van der Waals surface area contributed by atoms with Crippen molar-refractivity contribution in [2.24, 2.45) is 5.41 Å². The Morgan fingerprint density at radius 2 is 2.13 bits per heavy atom. The summed E-state index contributed by atoms with van der Waals surface area (Å²) in [7, 11) is 0. The predicted molar refractivity (Wildman–Crippen MR) is 59.8 cm³/mol. The van der Waals surface area contributed by atoms with Gasteiger partial charge >= 0.3 is 0 Å². The molecule has 0 amide bonds. The van der Waals surface area contributed by atoms with Crippen LogP contribution in [0.3, 0.4) is 0 Å². The van der Waals surface area contributed by atoms with Gasteiger partial charge in [0.15, 0.2) is 0 Å². The van der Waals surface area contributed by atoms with Crippen molar-refractivity contribution in [1.82, 2.24) is 0 Å². The first-order valence-corrected chi connectivity index (χ1v) is 6.38. The Kier molecular flexibility index (Phi) is 3.15. The molecule has 0 aromatic heterocycles. The van der Waals surface area contributed by atoms with Crippen LogP contribution in [-0.2, 0) is 9.53 Å². The van der Waals surface area contributed by atoms with Crippen molar-refractivity contribution in [3.63, 3.8) is 0 Å². The van der Waals surface area contributed by atoms with Crippen LogP contribution < -0.4 is 0 Å². The van der Waals surface area contributed by atoms with E-state index in [0.717, 1.165) is 25.7 Å². The molecule has 86 valence electrons. The molecule has 2 saturated carbocycles. The third-order valence-electron chi connectivity index (χ3n) is 4.13. The SMILES string of the molecule is CCCC(C)OC1CC(=O)C12CCCC2. The molecular weight excluding hydrogens is 188 g/mol. The highest BCUT2D eigenvalue weighted by Gasteiger charge is 2.56. The van der Waals surface area contributed by atoms with Gasteiger partial charge in [0, 0.05) is 6.42 Å². The molecule has 0 aromatic carbocycles. The van der Waals surface area contributed by atoms with Gasteiger partial charge in [-0.15, -0.1) is 0 Å². The first-order chi connectivity index (χ1) is 7.19. The Hall–Kier alpha value is -0.370. The lowest BCUT2D eigenvalue weighted by atomic mass is 9.63. The number of Topliss-reactive ketones (excluding diaryl/α,β-unsaturated/α-hetero) is 1. The van der Waals surface area contributed by atoms with E-state index in [2.05, 4.69) is 13.8 Å². The molecule has 0 saturated heterocycles. The molecule has 2 heteroatoms. The molecule has 2 nitrogen and oxygen atoms in total. The molecule has 2 unspecified atom stereocenters. The molecule has 2 aliphatic carbocycles. The molecule has 0 aliphatic heterocycles. The second-order valence-corrected chi connectivity index (χ2v) is 5.21. The number of hydrogen-bond donors (Lipinski definition) is 0. The van der Waals surface area contributed by atoms with Crippen molar-refractivity contribution in [3.05, 3.63) is 0 Å². The molecule has 0 N–H and O–H groups in total. The summed E-state index contributed by atoms with van der Waals surface area (Å²) < 4.78 is 6.01. The molecule has 0 heterocycles. The number of ether oxygens (including phenoxy) is 1. The topological polar surface area (TPSA) is 26.3 Å². The van der Waals surface area contributed by atoms with Crippen LogP contribution in [0.4, 0.5) is 0 Å². The third-order valence-corrected chi connectivity index (χ3v) is 4.13. The summed E-state index contributed by atoms with van der Waals surface area (Å²) in [5.74, 6) is 0.466. The lowest BCUT2D eigenvalue weighted by Gasteiger charge is -2.46. The maximum atomic E-state index is 11.7. The average Bonchev–Trinajstić information content (AvgIpc) is 2.69. The Labute approximate surface area is 92.4 Å². The second-order valence-electron chi connectivity index (χ2n) is 5.21. The number of ketones is 1. The standard InChI is InChI=1S/C13H22O2/c1-3-6-10(2)15-12-9-11(14)13(12)7-4-5-8-13/h10,12H,3-9H2,1-2H3. The van der Waals surface area contributed by atoms with E-state index < -0.39 is 0 Å². The van der Waals surface area contributed by atoms with E-state index in [9.17, 15) is 4.79 Å². The van der Waals surface area contributed by atoms with E-state index in [4.69, 9.17) is 4.74 Å². The molecule has 0 radical (unpaired) electrons. The van der Waals surface area contributed by atoms with Crippen molar-refractivity contribution in [1.29, 1.82) is 0 Å². The van der Waals surface area contributed by atoms with E-state index in [1.165, 1.54) is 12.8 Å². The van der Waals surface area contributed by atoms with Crippen molar-refractivity contribution in [2.45, 2.75) is 71.0 Å². The molecular formula is C13H22O2. The fraction of sp³-hybridized carbons (Fsp3) is 0.923. The van der Waals surface area contributed by atoms with Gasteiger partial charge in [-0.2, -0.15) is 0 Å². The molecule has 0 bridgehead atoms. The summed E-state index contributed by atoms with van der Waals surface area (Å²) in [5, 5.41) is 0. The largest absolute Gasteiger partial charge is 0.374 e. The second kappa shape index (κ2) is 4.25. The van der Waals surface area contributed by atoms with Crippen molar-refractivity contribution in [3.8, 4) is 0 Å². The maximum Gasteiger partial charge on any atom is 0.144 e. The van der Waals surface area contributed by atoms with Crippen LogP contribution in [0, 0.1) is 5.41 Å². The zero-order chi connectivity index (χ0) is 10.9. The normalized spacial score (nSPS) is 30.5. The lowest BCUT2D eigenvalue weighted by molar-refractivity contribution is -0.170. The van der Waals surface area contributed by atoms with Crippen molar-refractivity contribution >= 4 is 5.78 Å². The predicted octanol–water partition coefficient (Wildman–Crippen LogP) is 3.09. The Morgan fingerprint density at radius 3 is 2.67 bits per heavy atom. The highest BCUT2D eigenvalue weighted by atomic mass is 16.5. The molecule has 0 aromatic rings. The minimum atomic E-state index is -0.0397. The first-order valence-electron chi connectivity index (χ1n) is 6.38. The average molecular weight is 210 g/mol. The van der Waals surface area contributed by atoms with E-state index in [1.807, 2.05) is 0 Å². The third kappa shape index (κ3) is 1.84. The van der Waals surface area contributed by atoms with Gasteiger partial charge in [0.05, 0.1) is 17.6 Å². The van der Waals surface area contributed by atoms with Crippen LogP contribution in [0.1, 0.15) is 58.8 Å². The highest BCUT2D eigenvalue weighted by Crippen LogP contribution is 2.52. The summed E-state index contributed by atoms with van der Waals surface area (Å²) >= 11 is 0. The molecule has 2 atom stereocenters. The van der Waals surface area contributed by atoms with E-state index in [1.54, 1.807) is 0 Å². The van der Waals surface area contributed by atoms with Gasteiger partial charge in [0.25, 0.3) is 0 Å². The number of carbonyl (C=O) groups is 1. The minimum Gasteiger partial charge on any atom is -0.374 e. The quantitative estimate of drug-likeness (QED) is 0.712. The van der Waals surface area contributed by atoms with Crippen LogP contribution in [-0.4, -0.2) is 18.0 Å². The van der Waals surface area contributed by atoms with Crippen LogP contribution in [0.25, 0.3) is 0 Å². The highest BCUT2D eigenvalue weighted by molar-refractivity contribution is 5.92. The Morgan fingerprint density at radius 1 is 1.47 bits per heavy atom. The van der Waals surface area contributed by atoms with Crippen LogP contribution in [0.5, 0.6) is 0 Å². The van der Waals surface area contributed by atoms with Gasteiger partial charge in [-0.25, -0.2) is 0 Å². The van der Waals surface area contributed by atoms with Gasteiger partial charge in [0.1, 0.15) is 5.78 Å². The van der Waals surface area contributed by atoms with Gasteiger partial charge < -0.3 is 4.74 Å². The summed E-state index contributed by atoms with van der Waals surface area (Å²) in [6.45, 7) is 4.31. The van der Waals surface area contributed by atoms with E-state index in [-0.39, 0.29) is 11.5 Å². The number of carbonyl (C=O) groups excluding carboxylic acids is 1. The smallest absolute Gasteiger partial charge is 0.144 e. The summed E-state index contributed by atoms with van der Waals surface area (Å²) in [4.78, 5) is 11.7. The van der Waals surface area contributed by atoms with E-state index >= 15 is 0 Å². The summed E-state index contributed by atoms with van der Waals surface area (Å²) in [6.07, 6.45) is 8.11. The lowest BCUT2D eigenvalue weighted by Crippen LogP contribution is -2.54. The molecule has 15 heavy (non-hydrogen) atoms. The molecule has 2 aliphatic rings. The molecule has 2 fully saturated rings. The van der Waals surface area contributed by atoms with Crippen LogP contribution >= 0.6 is 0 Å². The fourth-order valence-corrected chi connectivity index (χ4v) is 3.16. The van der Waals surface area contributed by atoms with Gasteiger partial charge in [-0.05, 0) is 26.2 Å². The monoisotopic (exact) mass is 210 g/mol.